The third-order valence-corrected chi connectivity index (χ3v) is 5.27. The lowest BCUT2D eigenvalue weighted by atomic mass is 9.94. The van der Waals surface area contributed by atoms with Gasteiger partial charge in [0.25, 0.3) is 0 Å². The van der Waals surface area contributed by atoms with E-state index in [1.165, 1.54) is 7.11 Å². The zero-order valence-electron chi connectivity index (χ0n) is 17.0. The minimum absolute atomic E-state index is 0.366. The lowest BCUT2D eigenvalue weighted by Gasteiger charge is -2.29. The Bertz CT molecular complexity index is 972. The number of hydrogen-bond acceptors (Lipinski definition) is 5. The average Bonchev–Trinajstić information content (AvgIpc) is 2.77. The number of ether oxygens (including phenoxy) is 3. The fourth-order valence-corrected chi connectivity index (χ4v) is 3.49. The van der Waals surface area contributed by atoms with Crippen LogP contribution in [0.4, 0.5) is 4.79 Å². The molecular formula is C22H23BrN2O5. The van der Waals surface area contributed by atoms with Crippen LogP contribution in [0.5, 0.6) is 11.5 Å². The molecule has 1 heterocycles. The maximum Gasteiger partial charge on any atom is 0.337 e. The Kier molecular flexibility index (Phi) is 6.99. The second-order valence-corrected chi connectivity index (χ2v) is 7.51. The van der Waals surface area contributed by atoms with Crippen molar-refractivity contribution in [3.05, 3.63) is 69.3 Å². The minimum Gasteiger partial charge on any atom is -0.493 e. The Morgan fingerprint density at radius 1 is 1.10 bits per heavy atom. The molecule has 2 aromatic rings. The molecule has 30 heavy (non-hydrogen) atoms. The van der Waals surface area contributed by atoms with Crippen molar-refractivity contribution in [2.45, 2.75) is 26.0 Å². The molecule has 1 aliphatic heterocycles. The summed E-state index contributed by atoms with van der Waals surface area (Å²) in [6.45, 7) is 2.24. The molecule has 3 rings (SSSR count). The normalized spacial score (nSPS) is 15.9. The van der Waals surface area contributed by atoms with Crippen LogP contribution in [0.25, 0.3) is 0 Å². The van der Waals surface area contributed by atoms with Crippen LogP contribution in [0.15, 0.2) is 58.2 Å². The van der Waals surface area contributed by atoms with E-state index in [-0.39, 0.29) is 6.03 Å². The molecule has 8 heteroatoms. The Hall–Kier alpha value is -3.00. The Morgan fingerprint density at radius 2 is 1.83 bits per heavy atom. The van der Waals surface area contributed by atoms with Gasteiger partial charge in [0, 0.05) is 10.2 Å². The van der Waals surface area contributed by atoms with Gasteiger partial charge in [-0.15, -0.1) is 0 Å². The zero-order valence-corrected chi connectivity index (χ0v) is 18.5. The van der Waals surface area contributed by atoms with Crippen molar-refractivity contribution >= 4 is 27.9 Å². The Morgan fingerprint density at radius 3 is 2.47 bits per heavy atom. The Balaban J connectivity index is 1.89. The molecule has 2 amide bonds. The van der Waals surface area contributed by atoms with Gasteiger partial charge in [0.05, 0.1) is 25.8 Å². The molecule has 7 nitrogen and oxygen atoms in total. The highest BCUT2D eigenvalue weighted by Crippen LogP contribution is 2.35. The number of halogens is 1. The standard InChI is InChI=1S/C22H23BrN2O5/c1-4-16-19(21(26)29-3)20(25-22(27)24-16)14-7-10-17(18(11-14)28-2)30-12-13-5-8-15(23)9-6-13/h5-11,20H,4,12H2,1-3H3,(H2,24,25,27). The summed E-state index contributed by atoms with van der Waals surface area (Å²) in [4.78, 5) is 24.5. The number of carbonyl (C=O) groups is 2. The summed E-state index contributed by atoms with van der Waals surface area (Å²) in [5.74, 6) is 0.558. The summed E-state index contributed by atoms with van der Waals surface area (Å²) >= 11 is 3.41. The molecule has 0 fully saturated rings. The third kappa shape index (κ3) is 4.76. The second-order valence-electron chi connectivity index (χ2n) is 6.59. The van der Waals surface area contributed by atoms with Crippen molar-refractivity contribution in [2.24, 2.45) is 0 Å². The van der Waals surface area contributed by atoms with Gasteiger partial charge in [-0.3, -0.25) is 0 Å². The highest BCUT2D eigenvalue weighted by atomic mass is 79.9. The van der Waals surface area contributed by atoms with Crippen LogP contribution < -0.4 is 20.1 Å². The van der Waals surface area contributed by atoms with Crippen LogP contribution in [0, 0.1) is 0 Å². The number of hydrogen-bond donors (Lipinski definition) is 2. The monoisotopic (exact) mass is 474 g/mol. The summed E-state index contributed by atoms with van der Waals surface area (Å²) < 4.78 is 17.3. The number of carbonyl (C=O) groups excluding carboxylic acids is 2. The number of nitrogens with one attached hydrogen (secondary N) is 2. The maximum atomic E-state index is 12.4. The maximum absolute atomic E-state index is 12.4. The summed E-state index contributed by atoms with van der Waals surface area (Å²) in [6.07, 6.45) is 0.486. The van der Waals surface area contributed by atoms with Crippen molar-refractivity contribution in [3.8, 4) is 11.5 Å². The van der Waals surface area contributed by atoms with E-state index >= 15 is 0 Å². The van der Waals surface area contributed by atoms with Crippen molar-refractivity contribution < 1.29 is 23.8 Å². The largest absolute Gasteiger partial charge is 0.493 e. The number of benzene rings is 2. The van der Waals surface area contributed by atoms with E-state index in [1.807, 2.05) is 31.2 Å². The summed E-state index contributed by atoms with van der Waals surface area (Å²) in [6, 6.07) is 12.1. The molecular weight excluding hydrogens is 452 g/mol. The molecule has 0 aliphatic carbocycles. The molecule has 1 unspecified atom stereocenters. The van der Waals surface area contributed by atoms with Gasteiger partial charge < -0.3 is 24.8 Å². The Labute approximate surface area is 183 Å². The van der Waals surface area contributed by atoms with E-state index in [9.17, 15) is 9.59 Å². The van der Waals surface area contributed by atoms with E-state index in [2.05, 4.69) is 26.6 Å². The van der Waals surface area contributed by atoms with Crippen LogP contribution in [0.1, 0.15) is 30.5 Å². The van der Waals surface area contributed by atoms with Crippen LogP contribution in [-0.2, 0) is 16.1 Å². The average molecular weight is 475 g/mol. The minimum atomic E-state index is -0.657. The molecule has 2 N–H and O–H groups in total. The van der Waals surface area contributed by atoms with E-state index in [0.29, 0.717) is 41.4 Å². The predicted molar refractivity (Wildman–Crippen MR) is 115 cm³/mol. The molecule has 0 saturated heterocycles. The number of methoxy groups -OCH3 is 2. The van der Waals surface area contributed by atoms with Gasteiger partial charge in [-0.2, -0.15) is 0 Å². The van der Waals surface area contributed by atoms with Gasteiger partial charge in [0.15, 0.2) is 11.5 Å². The summed E-state index contributed by atoms with van der Waals surface area (Å²) in [7, 11) is 2.86. The van der Waals surface area contributed by atoms with Gasteiger partial charge in [-0.25, -0.2) is 9.59 Å². The molecule has 158 valence electrons. The van der Waals surface area contributed by atoms with Crippen LogP contribution in [0.2, 0.25) is 0 Å². The number of allylic oxidation sites excluding steroid dienone is 1. The first-order chi connectivity index (χ1) is 14.5. The first-order valence-electron chi connectivity index (χ1n) is 9.40. The highest BCUT2D eigenvalue weighted by molar-refractivity contribution is 9.10. The molecule has 0 saturated carbocycles. The summed E-state index contributed by atoms with van der Waals surface area (Å²) in [5.41, 5.74) is 2.60. The third-order valence-electron chi connectivity index (χ3n) is 4.74. The number of rotatable bonds is 7. The fourth-order valence-electron chi connectivity index (χ4n) is 3.22. The summed E-state index contributed by atoms with van der Waals surface area (Å²) in [5, 5.41) is 5.47. The van der Waals surface area contributed by atoms with Gasteiger partial charge in [0.1, 0.15) is 6.61 Å². The molecule has 1 aliphatic rings. The quantitative estimate of drug-likeness (QED) is 0.586. The van der Waals surface area contributed by atoms with Gasteiger partial charge in [-0.05, 0) is 41.8 Å². The van der Waals surface area contributed by atoms with Crippen LogP contribution >= 0.6 is 15.9 Å². The fraction of sp³-hybridized carbons (Fsp3) is 0.273. The van der Waals surface area contributed by atoms with Crippen molar-refractivity contribution in [3.63, 3.8) is 0 Å². The van der Waals surface area contributed by atoms with Gasteiger partial charge in [-0.1, -0.05) is 41.1 Å². The lowest BCUT2D eigenvalue weighted by Crippen LogP contribution is -2.45. The van der Waals surface area contributed by atoms with E-state index < -0.39 is 12.0 Å². The SMILES string of the molecule is CCC1=C(C(=O)OC)C(c2ccc(OCc3ccc(Br)cc3)c(OC)c2)NC(=O)N1. The molecule has 1 atom stereocenters. The molecule has 0 bridgehead atoms. The lowest BCUT2D eigenvalue weighted by molar-refractivity contribution is -0.136. The topological polar surface area (TPSA) is 85.9 Å². The van der Waals surface area contributed by atoms with Gasteiger partial charge in [0.2, 0.25) is 0 Å². The number of esters is 1. The van der Waals surface area contributed by atoms with Crippen molar-refractivity contribution in [2.75, 3.05) is 14.2 Å². The van der Waals surface area contributed by atoms with Crippen molar-refractivity contribution in [1.82, 2.24) is 10.6 Å². The number of urea groups is 1. The molecule has 0 spiro atoms. The van der Waals surface area contributed by atoms with Crippen LogP contribution in [0.3, 0.4) is 0 Å². The van der Waals surface area contributed by atoms with E-state index in [0.717, 1.165) is 10.0 Å². The van der Waals surface area contributed by atoms with E-state index in [1.54, 1.807) is 25.3 Å². The molecule has 2 aromatic carbocycles. The van der Waals surface area contributed by atoms with Crippen LogP contribution in [-0.4, -0.2) is 26.2 Å². The smallest absolute Gasteiger partial charge is 0.337 e. The second kappa shape index (κ2) is 9.67. The highest BCUT2D eigenvalue weighted by Gasteiger charge is 2.33. The predicted octanol–water partition coefficient (Wildman–Crippen LogP) is 4.23. The molecule has 0 aromatic heterocycles. The number of amides is 2. The molecule has 0 radical (unpaired) electrons. The van der Waals surface area contributed by atoms with E-state index in [4.69, 9.17) is 14.2 Å². The first kappa shape index (κ1) is 21.7. The first-order valence-corrected chi connectivity index (χ1v) is 10.2. The van der Waals surface area contributed by atoms with Gasteiger partial charge >= 0.3 is 12.0 Å². The van der Waals surface area contributed by atoms with Crippen molar-refractivity contribution in [1.29, 1.82) is 0 Å². The zero-order chi connectivity index (χ0) is 21.7.